The molecule has 3 rings (SSSR count). The highest BCUT2D eigenvalue weighted by Gasteiger charge is 2.11. The summed E-state index contributed by atoms with van der Waals surface area (Å²) in [5, 5.41) is 14.6. The summed E-state index contributed by atoms with van der Waals surface area (Å²) in [5.41, 5.74) is 1.13. The average molecular weight is 332 g/mol. The molecule has 1 amide bonds. The van der Waals surface area contributed by atoms with Crippen molar-refractivity contribution >= 4 is 23.2 Å². The van der Waals surface area contributed by atoms with Gasteiger partial charge in [0, 0.05) is 5.56 Å². The van der Waals surface area contributed by atoms with Crippen molar-refractivity contribution in [2.24, 2.45) is 0 Å². The number of aromatic nitrogens is 4. The van der Waals surface area contributed by atoms with Gasteiger partial charge in [0.1, 0.15) is 12.4 Å². The van der Waals surface area contributed by atoms with Crippen LogP contribution in [0.5, 0.6) is 0 Å². The van der Waals surface area contributed by atoms with E-state index in [1.807, 2.05) is 30.3 Å². The van der Waals surface area contributed by atoms with Crippen LogP contribution in [0.15, 0.2) is 48.5 Å². The van der Waals surface area contributed by atoms with Crippen molar-refractivity contribution in [3.63, 3.8) is 0 Å². The molecule has 0 unspecified atom stereocenters. The summed E-state index contributed by atoms with van der Waals surface area (Å²) in [6.07, 6.45) is 0. The van der Waals surface area contributed by atoms with E-state index in [0.29, 0.717) is 11.5 Å². The molecule has 0 aliphatic heterocycles. The second kappa shape index (κ2) is 6.53. The molecule has 2 aromatic carbocycles. The van der Waals surface area contributed by atoms with Gasteiger partial charge in [-0.2, -0.15) is 4.80 Å². The summed E-state index contributed by atoms with van der Waals surface area (Å²) in [6, 6.07) is 13.0. The van der Waals surface area contributed by atoms with Gasteiger partial charge in [-0.3, -0.25) is 4.79 Å². The van der Waals surface area contributed by atoms with Crippen LogP contribution in [0.3, 0.4) is 0 Å². The van der Waals surface area contributed by atoms with Gasteiger partial charge in [0.15, 0.2) is 0 Å². The van der Waals surface area contributed by atoms with Crippen LogP contribution in [0.25, 0.3) is 11.4 Å². The largest absolute Gasteiger partial charge is 0.323 e. The Morgan fingerprint density at radius 2 is 2.00 bits per heavy atom. The standard InChI is InChI=1S/C15H11ClFN5O/c16-12-8-11(17)6-7-13(12)18-14(23)9-22-20-15(19-21-22)10-4-2-1-3-5-10/h1-8H,9H2,(H,18,23). The Morgan fingerprint density at radius 1 is 1.22 bits per heavy atom. The van der Waals surface area contributed by atoms with Gasteiger partial charge in [0.05, 0.1) is 10.7 Å². The van der Waals surface area contributed by atoms with Crippen LogP contribution in [0.4, 0.5) is 10.1 Å². The van der Waals surface area contributed by atoms with E-state index in [1.54, 1.807) is 0 Å². The highest BCUT2D eigenvalue weighted by Crippen LogP contribution is 2.22. The zero-order chi connectivity index (χ0) is 16.2. The number of benzene rings is 2. The monoisotopic (exact) mass is 331 g/mol. The van der Waals surface area contributed by atoms with Crippen molar-refractivity contribution in [2.75, 3.05) is 5.32 Å². The molecular formula is C15H11ClFN5O. The maximum absolute atomic E-state index is 13.0. The third-order valence-corrected chi connectivity index (χ3v) is 3.29. The van der Waals surface area contributed by atoms with Crippen molar-refractivity contribution < 1.29 is 9.18 Å². The first-order chi connectivity index (χ1) is 11.1. The van der Waals surface area contributed by atoms with E-state index >= 15 is 0 Å². The molecular weight excluding hydrogens is 321 g/mol. The minimum Gasteiger partial charge on any atom is -0.323 e. The number of carbonyl (C=O) groups is 1. The van der Waals surface area contributed by atoms with Crippen LogP contribution in [0.2, 0.25) is 5.02 Å². The number of amides is 1. The molecule has 0 saturated carbocycles. The van der Waals surface area contributed by atoms with Crippen LogP contribution >= 0.6 is 11.6 Å². The quantitative estimate of drug-likeness (QED) is 0.798. The molecule has 0 spiro atoms. The second-order valence-corrected chi connectivity index (χ2v) is 5.09. The van der Waals surface area contributed by atoms with Crippen molar-refractivity contribution in [3.05, 3.63) is 59.4 Å². The Balaban J connectivity index is 1.68. The van der Waals surface area contributed by atoms with E-state index in [0.717, 1.165) is 11.6 Å². The Bertz CT molecular complexity index is 837. The molecule has 8 heteroatoms. The molecule has 116 valence electrons. The van der Waals surface area contributed by atoms with Crippen molar-refractivity contribution in [2.45, 2.75) is 6.54 Å². The van der Waals surface area contributed by atoms with E-state index in [-0.39, 0.29) is 11.6 Å². The number of carbonyl (C=O) groups excluding carboxylic acids is 1. The molecule has 1 N–H and O–H groups in total. The van der Waals surface area contributed by atoms with E-state index < -0.39 is 11.7 Å². The van der Waals surface area contributed by atoms with Crippen LogP contribution in [-0.2, 0) is 11.3 Å². The van der Waals surface area contributed by atoms with Crippen molar-refractivity contribution in [1.82, 2.24) is 20.2 Å². The fourth-order valence-electron chi connectivity index (χ4n) is 1.92. The maximum Gasteiger partial charge on any atom is 0.248 e. The van der Waals surface area contributed by atoms with Crippen LogP contribution in [0, 0.1) is 5.82 Å². The summed E-state index contributed by atoms with van der Waals surface area (Å²) in [7, 11) is 0. The molecule has 1 heterocycles. The minimum absolute atomic E-state index is 0.120. The summed E-state index contributed by atoms with van der Waals surface area (Å²) >= 11 is 5.86. The predicted octanol–water partition coefficient (Wildman–Crippen LogP) is 2.77. The molecule has 0 aliphatic carbocycles. The van der Waals surface area contributed by atoms with Gasteiger partial charge >= 0.3 is 0 Å². The Kier molecular flexibility index (Phi) is 4.29. The molecule has 23 heavy (non-hydrogen) atoms. The summed E-state index contributed by atoms with van der Waals surface area (Å²) < 4.78 is 13.0. The third-order valence-electron chi connectivity index (χ3n) is 2.98. The predicted molar refractivity (Wildman–Crippen MR) is 83.3 cm³/mol. The third kappa shape index (κ3) is 3.70. The molecule has 0 atom stereocenters. The van der Waals surface area contributed by atoms with E-state index in [2.05, 4.69) is 20.7 Å². The first-order valence-corrected chi connectivity index (χ1v) is 7.08. The number of hydrogen-bond donors (Lipinski definition) is 1. The topological polar surface area (TPSA) is 72.7 Å². The molecule has 3 aromatic rings. The average Bonchev–Trinajstić information content (AvgIpc) is 2.99. The highest BCUT2D eigenvalue weighted by molar-refractivity contribution is 6.33. The smallest absolute Gasteiger partial charge is 0.248 e. The van der Waals surface area contributed by atoms with Gasteiger partial charge in [-0.1, -0.05) is 41.9 Å². The first-order valence-electron chi connectivity index (χ1n) is 6.70. The number of hydrogen-bond acceptors (Lipinski definition) is 4. The van der Waals surface area contributed by atoms with Crippen LogP contribution < -0.4 is 5.32 Å². The van der Waals surface area contributed by atoms with Gasteiger partial charge in [0.25, 0.3) is 0 Å². The Morgan fingerprint density at radius 3 is 2.74 bits per heavy atom. The first kappa shape index (κ1) is 15.1. The van der Waals surface area contributed by atoms with Gasteiger partial charge < -0.3 is 5.32 Å². The Hall–Kier alpha value is -2.80. The van der Waals surface area contributed by atoms with Gasteiger partial charge in [0.2, 0.25) is 11.7 Å². The van der Waals surface area contributed by atoms with E-state index in [1.165, 1.54) is 16.9 Å². The molecule has 0 radical (unpaired) electrons. The molecule has 0 aliphatic rings. The zero-order valence-corrected chi connectivity index (χ0v) is 12.5. The summed E-state index contributed by atoms with van der Waals surface area (Å²) in [5.74, 6) is -0.438. The number of anilines is 1. The molecule has 0 bridgehead atoms. The van der Waals surface area contributed by atoms with E-state index in [9.17, 15) is 9.18 Å². The summed E-state index contributed by atoms with van der Waals surface area (Å²) in [6.45, 7) is -0.131. The summed E-state index contributed by atoms with van der Waals surface area (Å²) in [4.78, 5) is 13.1. The molecule has 6 nitrogen and oxygen atoms in total. The van der Waals surface area contributed by atoms with Gasteiger partial charge in [-0.25, -0.2) is 4.39 Å². The van der Waals surface area contributed by atoms with Crippen LogP contribution in [0.1, 0.15) is 0 Å². The zero-order valence-electron chi connectivity index (χ0n) is 11.8. The number of rotatable bonds is 4. The maximum atomic E-state index is 13.0. The van der Waals surface area contributed by atoms with Crippen molar-refractivity contribution in [1.29, 1.82) is 0 Å². The lowest BCUT2D eigenvalue weighted by Gasteiger charge is -2.06. The van der Waals surface area contributed by atoms with E-state index in [4.69, 9.17) is 11.6 Å². The lowest BCUT2D eigenvalue weighted by molar-refractivity contribution is -0.117. The Labute approximate surface area is 135 Å². The minimum atomic E-state index is -0.474. The number of nitrogens with zero attached hydrogens (tertiary/aromatic N) is 4. The van der Waals surface area contributed by atoms with Crippen LogP contribution in [-0.4, -0.2) is 26.1 Å². The highest BCUT2D eigenvalue weighted by atomic mass is 35.5. The number of tetrazole rings is 1. The molecule has 0 saturated heterocycles. The SMILES string of the molecule is O=C(Cn1nnc(-c2ccccc2)n1)Nc1ccc(F)cc1Cl. The lowest BCUT2D eigenvalue weighted by Crippen LogP contribution is -2.20. The van der Waals surface area contributed by atoms with Crippen molar-refractivity contribution in [3.8, 4) is 11.4 Å². The van der Waals surface area contributed by atoms with Gasteiger partial charge in [-0.15, -0.1) is 10.2 Å². The second-order valence-electron chi connectivity index (χ2n) is 4.68. The normalized spacial score (nSPS) is 10.5. The lowest BCUT2D eigenvalue weighted by atomic mass is 10.2. The molecule has 1 aromatic heterocycles. The fourth-order valence-corrected chi connectivity index (χ4v) is 2.14. The fraction of sp³-hybridized carbons (Fsp3) is 0.0667. The molecule has 0 fully saturated rings. The number of halogens is 2. The number of nitrogens with one attached hydrogen (secondary N) is 1. The van der Waals surface area contributed by atoms with Gasteiger partial charge in [-0.05, 0) is 23.4 Å².